The van der Waals surface area contributed by atoms with E-state index in [9.17, 15) is 8.42 Å². The number of hydrogen-bond acceptors (Lipinski definition) is 5. The molecule has 1 aliphatic heterocycles. The van der Waals surface area contributed by atoms with E-state index < -0.39 is 10.0 Å². The summed E-state index contributed by atoms with van der Waals surface area (Å²) in [5, 5.41) is 0.116. The van der Waals surface area contributed by atoms with Crippen LogP contribution in [0.15, 0.2) is 23.4 Å². The highest BCUT2D eigenvalue weighted by Crippen LogP contribution is 2.23. The topological polar surface area (TPSA) is 79.5 Å². The van der Waals surface area contributed by atoms with Gasteiger partial charge in [-0.15, -0.1) is 0 Å². The summed E-state index contributed by atoms with van der Waals surface area (Å²) in [4.78, 5) is 6.20. The van der Waals surface area contributed by atoms with Crippen LogP contribution in [0.5, 0.6) is 0 Å². The Labute approximate surface area is 127 Å². The summed E-state index contributed by atoms with van der Waals surface area (Å²) in [6.07, 6.45) is 3.34. The summed E-state index contributed by atoms with van der Waals surface area (Å²) in [7, 11) is 0.624. The zero-order valence-electron chi connectivity index (χ0n) is 12.7. The number of sulfonamides is 1. The zero-order chi connectivity index (χ0) is 15.5. The Hall–Kier alpha value is -1.02. The molecule has 1 saturated heterocycles. The first kappa shape index (κ1) is 16.4. The van der Waals surface area contributed by atoms with E-state index in [1.54, 1.807) is 16.4 Å². The van der Waals surface area contributed by atoms with Gasteiger partial charge >= 0.3 is 0 Å². The number of pyridine rings is 1. The molecule has 1 aliphatic rings. The fraction of sp³-hybridized carbons (Fsp3) is 0.643. The SMILES string of the molecule is CN(C)CC1CCN(S(=O)(=O)c2ccc(CN)cn2)CC1. The number of piperidine rings is 1. The summed E-state index contributed by atoms with van der Waals surface area (Å²) in [6.45, 7) is 2.52. The van der Waals surface area contributed by atoms with E-state index in [2.05, 4.69) is 9.88 Å². The summed E-state index contributed by atoms with van der Waals surface area (Å²) >= 11 is 0. The average molecular weight is 312 g/mol. The molecule has 0 unspecified atom stereocenters. The van der Waals surface area contributed by atoms with E-state index in [1.165, 1.54) is 6.20 Å². The van der Waals surface area contributed by atoms with E-state index >= 15 is 0 Å². The molecule has 21 heavy (non-hydrogen) atoms. The number of nitrogens with two attached hydrogens (primary N) is 1. The van der Waals surface area contributed by atoms with Crippen molar-refractivity contribution in [3.8, 4) is 0 Å². The van der Waals surface area contributed by atoms with Crippen LogP contribution in [0.4, 0.5) is 0 Å². The van der Waals surface area contributed by atoms with Gasteiger partial charge in [0, 0.05) is 32.4 Å². The van der Waals surface area contributed by atoms with Gasteiger partial charge in [0.05, 0.1) is 0 Å². The van der Waals surface area contributed by atoms with Crippen LogP contribution in [0.3, 0.4) is 0 Å². The maximum absolute atomic E-state index is 12.5. The molecule has 1 fully saturated rings. The van der Waals surface area contributed by atoms with E-state index in [0.29, 0.717) is 25.6 Å². The molecule has 118 valence electrons. The highest BCUT2D eigenvalue weighted by molar-refractivity contribution is 7.89. The van der Waals surface area contributed by atoms with Gasteiger partial charge in [-0.05, 0) is 44.5 Å². The minimum atomic E-state index is -3.47. The quantitative estimate of drug-likeness (QED) is 0.856. The van der Waals surface area contributed by atoms with Crippen molar-refractivity contribution in [3.05, 3.63) is 23.9 Å². The third-order valence-corrected chi connectivity index (χ3v) is 5.65. The first-order valence-electron chi connectivity index (χ1n) is 7.23. The van der Waals surface area contributed by atoms with Crippen molar-refractivity contribution in [2.24, 2.45) is 11.7 Å². The van der Waals surface area contributed by atoms with Gasteiger partial charge < -0.3 is 10.6 Å². The summed E-state index contributed by atoms with van der Waals surface area (Å²) in [5.41, 5.74) is 6.33. The van der Waals surface area contributed by atoms with Crippen molar-refractivity contribution in [2.45, 2.75) is 24.4 Å². The minimum absolute atomic E-state index is 0.116. The Morgan fingerprint density at radius 1 is 1.33 bits per heavy atom. The predicted octanol–water partition coefficient (Wildman–Crippen LogP) is 0.503. The van der Waals surface area contributed by atoms with Gasteiger partial charge in [-0.2, -0.15) is 4.31 Å². The Morgan fingerprint density at radius 2 is 2.00 bits per heavy atom. The lowest BCUT2D eigenvalue weighted by molar-refractivity contribution is 0.224. The van der Waals surface area contributed by atoms with E-state index in [-0.39, 0.29) is 5.03 Å². The van der Waals surface area contributed by atoms with Crippen LogP contribution in [0.2, 0.25) is 0 Å². The molecule has 0 bridgehead atoms. The molecule has 1 aromatic rings. The third-order valence-electron chi connectivity index (χ3n) is 3.83. The lowest BCUT2D eigenvalue weighted by Gasteiger charge is -2.32. The van der Waals surface area contributed by atoms with Gasteiger partial charge in [0.2, 0.25) is 0 Å². The van der Waals surface area contributed by atoms with Crippen molar-refractivity contribution < 1.29 is 8.42 Å². The Kier molecular flexibility index (Phi) is 5.32. The Bertz CT molecular complexity index is 549. The molecule has 6 nitrogen and oxygen atoms in total. The standard InChI is InChI=1S/C14H24N4O2S/c1-17(2)11-12-5-7-18(8-6-12)21(19,20)14-4-3-13(9-15)10-16-14/h3-4,10,12H,5-9,11,15H2,1-2H3. The molecule has 1 aromatic heterocycles. The molecule has 2 rings (SSSR count). The molecule has 0 saturated carbocycles. The Balaban J connectivity index is 2.03. The zero-order valence-corrected chi connectivity index (χ0v) is 13.5. The fourth-order valence-corrected chi connectivity index (χ4v) is 4.05. The van der Waals surface area contributed by atoms with E-state index in [1.807, 2.05) is 14.1 Å². The second-order valence-corrected chi connectivity index (χ2v) is 7.70. The number of rotatable bonds is 5. The van der Waals surface area contributed by atoms with Crippen LogP contribution < -0.4 is 5.73 Å². The van der Waals surface area contributed by atoms with Gasteiger partial charge in [0.25, 0.3) is 10.0 Å². The van der Waals surface area contributed by atoms with Crippen molar-refractivity contribution in [1.29, 1.82) is 0 Å². The van der Waals surface area contributed by atoms with Gasteiger partial charge in [-0.1, -0.05) is 6.07 Å². The molecule has 0 radical (unpaired) electrons. The largest absolute Gasteiger partial charge is 0.326 e. The molecular formula is C14H24N4O2S. The van der Waals surface area contributed by atoms with Crippen molar-refractivity contribution in [1.82, 2.24) is 14.2 Å². The summed E-state index contributed by atoms with van der Waals surface area (Å²) in [5.74, 6) is 0.569. The number of aromatic nitrogens is 1. The normalized spacial score (nSPS) is 18.3. The van der Waals surface area contributed by atoms with Crippen molar-refractivity contribution >= 4 is 10.0 Å². The first-order valence-corrected chi connectivity index (χ1v) is 8.67. The highest BCUT2D eigenvalue weighted by atomic mass is 32.2. The molecule has 0 spiro atoms. The van der Waals surface area contributed by atoms with Crippen LogP contribution in [-0.4, -0.2) is 56.3 Å². The van der Waals surface area contributed by atoms with E-state index in [0.717, 1.165) is 24.9 Å². The molecule has 2 heterocycles. The second kappa shape index (κ2) is 6.83. The maximum Gasteiger partial charge on any atom is 0.260 e. The lowest BCUT2D eigenvalue weighted by Crippen LogP contribution is -2.40. The van der Waals surface area contributed by atoms with Crippen LogP contribution in [0, 0.1) is 5.92 Å². The molecule has 7 heteroatoms. The summed E-state index contributed by atoms with van der Waals surface area (Å²) in [6, 6.07) is 3.27. The minimum Gasteiger partial charge on any atom is -0.326 e. The smallest absolute Gasteiger partial charge is 0.260 e. The summed E-state index contributed by atoms with van der Waals surface area (Å²) < 4.78 is 26.6. The predicted molar refractivity (Wildman–Crippen MR) is 82.2 cm³/mol. The molecule has 0 aromatic carbocycles. The Morgan fingerprint density at radius 3 is 2.48 bits per heavy atom. The van der Waals surface area contributed by atoms with Crippen LogP contribution in [0.1, 0.15) is 18.4 Å². The maximum atomic E-state index is 12.5. The monoisotopic (exact) mass is 312 g/mol. The van der Waals surface area contributed by atoms with Crippen molar-refractivity contribution in [2.75, 3.05) is 33.7 Å². The van der Waals surface area contributed by atoms with Crippen LogP contribution in [-0.2, 0) is 16.6 Å². The highest BCUT2D eigenvalue weighted by Gasteiger charge is 2.30. The molecule has 0 amide bonds. The first-order chi connectivity index (χ1) is 9.93. The molecule has 2 N–H and O–H groups in total. The van der Waals surface area contributed by atoms with Crippen molar-refractivity contribution in [3.63, 3.8) is 0 Å². The molecule has 0 atom stereocenters. The van der Waals surface area contributed by atoms with Gasteiger partial charge in [0.1, 0.15) is 0 Å². The second-order valence-electron chi connectivity index (χ2n) is 5.82. The van der Waals surface area contributed by atoms with E-state index in [4.69, 9.17) is 5.73 Å². The van der Waals surface area contributed by atoms with Gasteiger partial charge in [-0.3, -0.25) is 0 Å². The van der Waals surface area contributed by atoms with Gasteiger partial charge in [0.15, 0.2) is 5.03 Å². The fourth-order valence-electron chi connectivity index (χ4n) is 2.67. The number of nitrogens with zero attached hydrogens (tertiary/aromatic N) is 3. The third kappa shape index (κ3) is 4.00. The molecule has 0 aliphatic carbocycles. The van der Waals surface area contributed by atoms with Crippen LogP contribution >= 0.6 is 0 Å². The average Bonchev–Trinajstić information content (AvgIpc) is 2.47. The molecular weight excluding hydrogens is 288 g/mol. The number of hydrogen-bond donors (Lipinski definition) is 1. The lowest BCUT2D eigenvalue weighted by atomic mass is 9.98. The van der Waals surface area contributed by atoms with Crippen LogP contribution in [0.25, 0.3) is 0 Å². The van der Waals surface area contributed by atoms with Gasteiger partial charge in [-0.25, -0.2) is 13.4 Å².